The average molecular weight is 389 g/mol. The zero-order valence-corrected chi connectivity index (χ0v) is 16.1. The average Bonchev–Trinajstić information content (AvgIpc) is 2.69. The molecular formula is C19H23N3O4S. The number of nitrogens with two attached hydrogens (primary N) is 1. The van der Waals surface area contributed by atoms with E-state index in [1.807, 2.05) is 19.9 Å². The van der Waals surface area contributed by atoms with E-state index in [-0.39, 0.29) is 11.3 Å². The van der Waals surface area contributed by atoms with Gasteiger partial charge in [0.2, 0.25) is 5.91 Å². The van der Waals surface area contributed by atoms with E-state index in [0.29, 0.717) is 30.0 Å². The van der Waals surface area contributed by atoms with Gasteiger partial charge < -0.3 is 15.8 Å². The van der Waals surface area contributed by atoms with E-state index < -0.39 is 24.0 Å². The molecule has 1 aromatic carbocycles. The predicted octanol–water partition coefficient (Wildman–Crippen LogP) is 1.31. The predicted molar refractivity (Wildman–Crippen MR) is 102 cm³/mol. The molecule has 0 radical (unpaired) electrons. The first-order valence-corrected chi connectivity index (χ1v) is 9.93. The lowest BCUT2D eigenvalue weighted by Gasteiger charge is -2.49. The molecular weight excluding hydrogens is 366 g/mol. The van der Waals surface area contributed by atoms with E-state index in [2.05, 4.69) is 5.32 Å². The first-order valence-electron chi connectivity index (χ1n) is 8.88. The lowest BCUT2D eigenvalue weighted by Crippen LogP contribution is -2.71. The Labute approximate surface area is 162 Å². The van der Waals surface area contributed by atoms with Crippen LogP contribution in [0.25, 0.3) is 0 Å². The van der Waals surface area contributed by atoms with Crippen molar-refractivity contribution in [3.05, 3.63) is 47.2 Å². The third kappa shape index (κ3) is 3.72. The minimum atomic E-state index is -0.854. The number of ether oxygens (including phenoxy) is 1. The van der Waals surface area contributed by atoms with Crippen LogP contribution < -0.4 is 11.1 Å². The van der Waals surface area contributed by atoms with Crippen molar-refractivity contribution in [1.29, 1.82) is 0 Å². The summed E-state index contributed by atoms with van der Waals surface area (Å²) in [6.45, 7) is 4.03. The third-order valence-corrected chi connectivity index (χ3v) is 5.95. The van der Waals surface area contributed by atoms with Crippen LogP contribution in [-0.2, 0) is 19.1 Å². The number of nitrogens with zero attached hydrogens (tertiary/aromatic N) is 1. The van der Waals surface area contributed by atoms with Gasteiger partial charge in [-0.3, -0.25) is 14.5 Å². The zero-order valence-electron chi connectivity index (χ0n) is 15.3. The Bertz CT molecular complexity index is 780. The van der Waals surface area contributed by atoms with Crippen molar-refractivity contribution in [3.63, 3.8) is 0 Å². The minimum Gasteiger partial charge on any atom is -0.461 e. The first kappa shape index (κ1) is 19.4. The number of thioether (sulfide) groups is 1. The second kappa shape index (κ2) is 8.14. The molecule has 0 aromatic heterocycles. The topological polar surface area (TPSA) is 102 Å². The van der Waals surface area contributed by atoms with Crippen LogP contribution in [0.5, 0.6) is 0 Å². The van der Waals surface area contributed by atoms with Crippen molar-refractivity contribution >= 4 is 29.5 Å². The van der Waals surface area contributed by atoms with Gasteiger partial charge in [0.1, 0.15) is 23.2 Å². The highest BCUT2D eigenvalue weighted by Crippen LogP contribution is 2.40. The quantitative estimate of drug-likeness (QED) is 0.562. The summed E-state index contributed by atoms with van der Waals surface area (Å²) in [5.74, 6) is -0.620. The molecule has 3 atom stereocenters. The van der Waals surface area contributed by atoms with Crippen LogP contribution >= 0.6 is 11.8 Å². The summed E-state index contributed by atoms with van der Waals surface area (Å²) < 4.78 is 5.21. The smallest absolute Gasteiger partial charge is 0.355 e. The highest BCUT2D eigenvalue weighted by Gasteiger charge is 2.54. The van der Waals surface area contributed by atoms with E-state index >= 15 is 0 Å². The number of carbonyl (C=O) groups excluding carboxylic acids is 3. The maximum Gasteiger partial charge on any atom is 0.355 e. The molecule has 3 rings (SSSR count). The van der Waals surface area contributed by atoms with Crippen LogP contribution in [0.15, 0.2) is 41.6 Å². The van der Waals surface area contributed by atoms with Crippen molar-refractivity contribution in [3.8, 4) is 0 Å². The van der Waals surface area contributed by atoms with E-state index in [9.17, 15) is 14.4 Å². The number of amides is 2. The highest BCUT2D eigenvalue weighted by molar-refractivity contribution is 8.00. The van der Waals surface area contributed by atoms with Crippen LogP contribution in [0.2, 0.25) is 0 Å². The molecule has 1 saturated heterocycles. The van der Waals surface area contributed by atoms with Gasteiger partial charge >= 0.3 is 5.97 Å². The summed E-state index contributed by atoms with van der Waals surface area (Å²) in [5.41, 5.74) is 7.78. The van der Waals surface area contributed by atoms with Crippen molar-refractivity contribution < 1.29 is 19.1 Å². The van der Waals surface area contributed by atoms with Crippen molar-refractivity contribution in [2.45, 2.75) is 37.7 Å². The Morgan fingerprint density at radius 1 is 1.37 bits per heavy atom. The SMILES string of the molecule is CCCOC(=O)C1=C(C)CS[C@@H]2[C@H](NC(=O)[C@H](N)c3ccccc3)C(=O)N12. The number of fused-ring (bicyclic) bond motifs is 1. The molecule has 2 amide bonds. The van der Waals surface area contributed by atoms with Crippen LogP contribution in [0, 0.1) is 0 Å². The fourth-order valence-corrected chi connectivity index (χ4v) is 4.37. The normalized spacial score (nSPS) is 22.6. The van der Waals surface area contributed by atoms with Gasteiger partial charge in [0.25, 0.3) is 5.91 Å². The number of carbonyl (C=O) groups is 3. The molecule has 27 heavy (non-hydrogen) atoms. The van der Waals surface area contributed by atoms with E-state index in [0.717, 1.165) is 5.57 Å². The molecule has 144 valence electrons. The molecule has 7 nitrogen and oxygen atoms in total. The summed E-state index contributed by atoms with van der Waals surface area (Å²) >= 11 is 1.51. The standard InChI is InChI=1S/C19H23N3O4S/c1-3-9-26-19(25)15-11(2)10-27-18-14(17(24)22(15)18)21-16(23)13(20)12-7-5-4-6-8-12/h4-8,13-14,18H,3,9-10,20H2,1-2H3,(H,21,23)/t13-,14-,18-/m1/s1. The highest BCUT2D eigenvalue weighted by atomic mass is 32.2. The van der Waals surface area contributed by atoms with Gasteiger partial charge in [-0.25, -0.2) is 4.79 Å². The van der Waals surface area contributed by atoms with Gasteiger partial charge in [-0.1, -0.05) is 37.3 Å². The second-order valence-electron chi connectivity index (χ2n) is 6.55. The van der Waals surface area contributed by atoms with Gasteiger partial charge in [-0.2, -0.15) is 0 Å². The number of benzene rings is 1. The number of esters is 1. The Hall–Kier alpha value is -2.32. The fraction of sp³-hybridized carbons (Fsp3) is 0.421. The number of hydrogen-bond donors (Lipinski definition) is 2. The summed E-state index contributed by atoms with van der Waals surface area (Å²) in [5, 5.41) is 2.41. The largest absolute Gasteiger partial charge is 0.461 e. The Kier molecular flexibility index (Phi) is 5.86. The number of β-lactam (4-membered cyclic amide) rings is 1. The molecule has 0 bridgehead atoms. The monoisotopic (exact) mass is 389 g/mol. The molecule has 0 spiro atoms. The number of rotatable bonds is 6. The maximum atomic E-state index is 12.6. The first-order chi connectivity index (χ1) is 13.0. The third-order valence-electron chi connectivity index (χ3n) is 4.53. The molecule has 2 aliphatic rings. The molecule has 0 aliphatic carbocycles. The Balaban J connectivity index is 1.69. The zero-order chi connectivity index (χ0) is 19.6. The Morgan fingerprint density at radius 2 is 2.07 bits per heavy atom. The van der Waals surface area contributed by atoms with Gasteiger partial charge in [0.15, 0.2) is 0 Å². The van der Waals surface area contributed by atoms with Crippen molar-refractivity contribution in [2.24, 2.45) is 5.73 Å². The summed E-state index contributed by atoms with van der Waals surface area (Å²) in [6, 6.07) is 7.43. The molecule has 2 aliphatic heterocycles. The molecule has 8 heteroatoms. The lowest BCUT2D eigenvalue weighted by molar-refractivity contribution is -0.153. The van der Waals surface area contributed by atoms with Crippen LogP contribution in [0.1, 0.15) is 31.9 Å². The van der Waals surface area contributed by atoms with Gasteiger partial charge in [0.05, 0.1) is 6.61 Å². The summed E-state index contributed by atoms with van der Waals surface area (Å²) in [7, 11) is 0. The van der Waals surface area contributed by atoms with E-state index in [1.165, 1.54) is 16.7 Å². The van der Waals surface area contributed by atoms with E-state index in [4.69, 9.17) is 10.5 Å². The Morgan fingerprint density at radius 3 is 2.74 bits per heavy atom. The van der Waals surface area contributed by atoms with Crippen molar-refractivity contribution in [1.82, 2.24) is 10.2 Å². The van der Waals surface area contributed by atoms with Crippen molar-refractivity contribution in [2.75, 3.05) is 12.4 Å². The summed E-state index contributed by atoms with van der Waals surface area (Å²) in [4.78, 5) is 38.9. The molecule has 1 aromatic rings. The lowest BCUT2D eigenvalue weighted by atomic mass is 10.0. The molecule has 2 heterocycles. The summed E-state index contributed by atoms with van der Waals surface area (Å²) in [6.07, 6.45) is 0.709. The maximum absolute atomic E-state index is 12.6. The van der Waals surface area contributed by atoms with Crippen LogP contribution in [0.3, 0.4) is 0 Å². The van der Waals surface area contributed by atoms with Crippen LogP contribution in [-0.4, -0.2) is 46.5 Å². The number of nitrogens with one attached hydrogen (secondary N) is 1. The minimum absolute atomic E-state index is 0.301. The van der Waals surface area contributed by atoms with Gasteiger partial charge in [0, 0.05) is 5.75 Å². The van der Waals surface area contributed by atoms with E-state index in [1.54, 1.807) is 24.3 Å². The van der Waals surface area contributed by atoms with Gasteiger partial charge in [-0.05, 0) is 24.5 Å². The van der Waals surface area contributed by atoms with Gasteiger partial charge in [-0.15, -0.1) is 11.8 Å². The fourth-order valence-electron chi connectivity index (χ4n) is 3.08. The molecule has 0 unspecified atom stereocenters. The van der Waals surface area contributed by atoms with Crippen LogP contribution in [0.4, 0.5) is 0 Å². The molecule has 0 saturated carbocycles. The number of hydrogen-bond acceptors (Lipinski definition) is 6. The second-order valence-corrected chi connectivity index (χ2v) is 7.65. The molecule has 1 fully saturated rings. The molecule has 3 N–H and O–H groups in total.